The maximum absolute atomic E-state index is 14.8. The molecule has 38 heteroatoms. The number of carbonyl (C=O) groups excluding carboxylic acids is 4. The number of likely N-dealkylation sites (tertiary alicyclic amines) is 1. The summed E-state index contributed by atoms with van der Waals surface area (Å²) in [5.41, 5.74) is 3.65. The molecule has 8 aromatic heterocycles. The summed E-state index contributed by atoms with van der Waals surface area (Å²) in [7, 11) is 2.16. The molecule has 12 aromatic rings. The van der Waals surface area contributed by atoms with Crippen LogP contribution in [0.4, 0.5) is 40.8 Å². The number of aliphatic hydroxyl groups is 5. The third-order valence-electron chi connectivity index (χ3n) is 24.7. The van der Waals surface area contributed by atoms with Gasteiger partial charge < -0.3 is 71.3 Å². The van der Waals surface area contributed by atoms with Crippen molar-refractivity contribution in [1.29, 1.82) is 21.0 Å². The van der Waals surface area contributed by atoms with Gasteiger partial charge >= 0.3 is 0 Å². The number of aromatic nitrogens is 12. The number of fused-ring (bicyclic) bond motifs is 4. The second-order valence-electron chi connectivity index (χ2n) is 33.8. The SMILES string of the molecule is CC1(O)CN(c2ccn(-c3cc(-c4c(F)cccc4C#N)nc4c3C(=O)NC4)n2)CC[C@H]1O.CN1CC2(CCN(c3ccn(-c4cc(-c5c(F)cccc5C#N)nc5c4C(=O)NC5)n3)CC2)C1.N#Cc1cccc(F)c1-c1cc(-n2ccc(N3C[C@@H](O)[C@@H](O)C3)n2)c2c(n1)CNC2=O.[2H]C1([2H])NC(=O)c2c(-n3ccc(N4CCC[C@@](C)(O)C4)n3)cc(-c3c(F)cccc3C#N)nc21. The minimum absolute atomic E-state index is 0.0103. The number of nitrogens with one attached hydrogen (secondary N) is 4. The van der Waals surface area contributed by atoms with Crippen LogP contribution in [0.5, 0.6) is 0 Å². The van der Waals surface area contributed by atoms with Crippen LogP contribution < -0.4 is 40.9 Å². The normalized spacial score (nSPS) is 20.9. The van der Waals surface area contributed by atoms with Gasteiger partial charge in [-0.2, -0.15) is 41.4 Å². The third kappa shape index (κ3) is 16.2. The maximum atomic E-state index is 14.8. The number of hydrogen-bond donors (Lipinski definition) is 9. The lowest BCUT2D eigenvalue weighted by atomic mass is 9.72. The molecule has 4 amide bonds. The molecule has 130 heavy (non-hydrogen) atoms. The molecule has 0 aliphatic carbocycles. The quantitative estimate of drug-likeness (QED) is 0.0534. The zero-order valence-corrected chi connectivity index (χ0v) is 70.1. The molecule has 0 saturated carbocycles. The predicted octanol–water partition coefficient (Wildman–Crippen LogP) is 7.50. The van der Waals surface area contributed by atoms with Crippen LogP contribution in [-0.2, 0) is 26.1 Å². The lowest BCUT2D eigenvalue weighted by Crippen LogP contribution is -2.58. The Hall–Kier alpha value is -15.2. The van der Waals surface area contributed by atoms with Crippen LogP contribution in [-0.4, -0.2) is 215 Å². The van der Waals surface area contributed by atoms with Gasteiger partial charge in [0.25, 0.3) is 23.6 Å². The molecule has 5 fully saturated rings. The number of rotatable bonds is 12. The molecule has 1 unspecified atom stereocenters. The lowest BCUT2D eigenvalue weighted by Gasteiger charge is -2.53. The Bertz CT molecular complexity index is 6880. The Morgan fingerprint density at radius 2 is 0.762 bits per heavy atom. The molecule has 5 saturated heterocycles. The van der Waals surface area contributed by atoms with Crippen molar-refractivity contribution in [2.24, 2.45) is 5.41 Å². The number of carbonyl (C=O) groups is 4. The van der Waals surface area contributed by atoms with Crippen LogP contribution in [0.25, 0.3) is 67.8 Å². The highest BCUT2D eigenvalue weighted by atomic mass is 19.1. The summed E-state index contributed by atoms with van der Waals surface area (Å²) in [6.07, 6.45) is 8.37. The Labute approximate surface area is 742 Å². The molecule has 34 nitrogen and oxygen atoms in total. The first-order chi connectivity index (χ1) is 63.3. The van der Waals surface area contributed by atoms with E-state index in [0.717, 1.165) is 51.3 Å². The standard InChI is InChI=1S/C25H24FN7O.C23H21FN6O3.C23H21FN6O2.C21H17FN6O3/c1-31-14-25(15-31)6-9-32(10-7-25)21-5-8-33(30-21)20-11-18(29-19-13-28-24(34)23(19)20)22-16(12-27)3-2-4-17(22)26;1-23(33)12-29(7-5-18(23)31)19-6-8-30(28-19)17-9-15(27-16-11-26-22(32)21(16)17)20-13(10-25)3-2-4-14(20)24;1-23(32)7-3-8-29(13-23)19-6-9-30(28-19)18-10-16(27-17-12-26-22(31)21(17)18)20-14(11-25)4-2-5-15(20)24;22-12-3-1-2-11(7-23)19(12)13-6-15(20-14(25-13)8-24-21(20)31)28-5-4-18(26-28)27-9-16(29)17(30)10-27/h2-5,8,11H,6-7,9-10,13-15H2,1H3,(H,28,34);2-4,6,8-9,18,31,33H,5,7,11-12H2,1H3,(H,26,32);2,4-6,9-10,32H,3,7-8,12-13H2,1H3,(H,26,31);1-6,16-17,29-30H,8-10H2,(H,24,31)/t;18-,23?;23-;16-,17+/m.11./s1/i;;12D2;. The van der Waals surface area contributed by atoms with Crippen molar-refractivity contribution < 1.29 is 65.0 Å². The van der Waals surface area contributed by atoms with Crippen molar-refractivity contribution >= 4 is 46.9 Å². The average Bonchev–Trinajstić information content (AvgIpc) is 1.58. The molecule has 0 radical (unpaired) electrons. The van der Waals surface area contributed by atoms with Crippen molar-refractivity contribution in [3.63, 3.8) is 0 Å². The van der Waals surface area contributed by atoms with Crippen molar-refractivity contribution in [3.8, 4) is 92.1 Å². The fourth-order valence-corrected chi connectivity index (χ4v) is 18.2. The second kappa shape index (κ2) is 34.2. The number of piperidine rings is 3. The highest BCUT2D eigenvalue weighted by molar-refractivity contribution is 6.04. The van der Waals surface area contributed by atoms with Crippen molar-refractivity contribution in [2.45, 2.75) is 102 Å². The minimum atomic E-state index is -2.28. The maximum Gasteiger partial charge on any atom is 0.255 e. The first-order valence-electron chi connectivity index (χ1n) is 42.8. The number of aliphatic hydroxyl groups excluding tert-OH is 3. The van der Waals surface area contributed by atoms with E-state index >= 15 is 0 Å². The Kier molecular flexibility index (Phi) is 21.9. The smallest absolute Gasteiger partial charge is 0.255 e. The van der Waals surface area contributed by atoms with E-state index in [4.69, 9.17) is 7.84 Å². The molecular weight excluding hydrogens is 1680 g/mol. The highest BCUT2D eigenvalue weighted by Gasteiger charge is 2.45. The summed E-state index contributed by atoms with van der Waals surface area (Å²) in [6.45, 7) is 8.20. The van der Waals surface area contributed by atoms with E-state index in [9.17, 15) is 83.3 Å². The van der Waals surface area contributed by atoms with Gasteiger partial charge in [-0.1, -0.05) is 24.3 Å². The molecule has 21 rings (SSSR count). The topological polar surface area (TPSA) is 452 Å². The summed E-state index contributed by atoms with van der Waals surface area (Å²) in [4.78, 5) is 78.2. The Morgan fingerprint density at radius 3 is 1.12 bits per heavy atom. The third-order valence-corrected chi connectivity index (χ3v) is 24.7. The lowest BCUT2D eigenvalue weighted by molar-refractivity contribution is -0.0693. The molecule has 9 N–H and O–H groups in total. The van der Waals surface area contributed by atoms with Crippen LogP contribution >= 0.6 is 0 Å². The van der Waals surface area contributed by atoms with Crippen LogP contribution in [0.2, 0.25) is 0 Å². The van der Waals surface area contributed by atoms with Crippen LogP contribution in [0.3, 0.4) is 0 Å². The number of amides is 4. The van der Waals surface area contributed by atoms with Gasteiger partial charge in [-0.25, -0.2) is 56.2 Å². The Morgan fingerprint density at radius 1 is 0.423 bits per heavy atom. The first-order valence-corrected chi connectivity index (χ1v) is 41.8. The molecule has 1 spiro atoms. The van der Waals surface area contributed by atoms with Crippen LogP contribution in [0.15, 0.2) is 146 Å². The van der Waals surface area contributed by atoms with Gasteiger partial charge in [-0.15, -0.1) is 0 Å². The molecule has 17 heterocycles. The van der Waals surface area contributed by atoms with E-state index in [1.807, 2.05) is 46.3 Å². The van der Waals surface area contributed by atoms with Crippen molar-refractivity contribution in [1.82, 2.24) is 85.2 Å². The zero-order valence-electron chi connectivity index (χ0n) is 72.1. The van der Waals surface area contributed by atoms with E-state index in [2.05, 4.69) is 73.3 Å². The summed E-state index contributed by atoms with van der Waals surface area (Å²) >= 11 is 0. The number of benzene rings is 4. The van der Waals surface area contributed by atoms with Gasteiger partial charge in [0, 0.05) is 108 Å². The summed E-state index contributed by atoms with van der Waals surface area (Å²) in [6, 6.07) is 38.1. The van der Waals surface area contributed by atoms with E-state index in [1.54, 1.807) is 78.4 Å². The predicted molar refractivity (Wildman–Crippen MR) is 462 cm³/mol. The average molecular weight is 1760 g/mol. The number of anilines is 4. The van der Waals surface area contributed by atoms with Gasteiger partial charge in [0.1, 0.15) is 28.9 Å². The van der Waals surface area contributed by atoms with E-state index in [0.29, 0.717) is 112 Å². The number of pyridine rings is 4. The van der Waals surface area contributed by atoms with Gasteiger partial charge in [0.2, 0.25) is 0 Å². The highest BCUT2D eigenvalue weighted by Crippen LogP contribution is 2.43. The van der Waals surface area contributed by atoms with E-state index < -0.39 is 65.2 Å². The fourth-order valence-electron chi connectivity index (χ4n) is 18.2. The number of nitriles is 4. The first kappa shape index (κ1) is 83.1. The van der Waals surface area contributed by atoms with Crippen molar-refractivity contribution in [2.75, 3.05) is 92.1 Å². The molecular formula is C92H83F4N25O9. The van der Waals surface area contributed by atoms with E-state index in [1.165, 1.54) is 92.9 Å². The number of β-amino-alcohol motifs (C(OH)–C–C–N with tert-alkyl or cyclic N) is 4. The molecule has 658 valence electrons. The molecule has 4 aromatic carbocycles. The second-order valence-corrected chi connectivity index (χ2v) is 33.8. The number of nitrogens with zero attached hydrogens (tertiary/aromatic N) is 21. The molecule has 5 atom stereocenters. The van der Waals surface area contributed by atoms with Crippen LogP contribution in [0, 0.1) is 74.0 Å². The largest absolute Gasteiger partial charge is 0.390 e. The van der Waals surface area contributed by atoms with Crippen molar-refractivity contribution in [3.05, 3.63) is 237 Å². The zero-order chi connectivity index (χ0) is 92.7. The van der Waals surface area contributed by atoms with Gasteiger partial charge in [0.05, 0.1) is 219 Å². The van der Waals surface area contributed by atoms with Gasteiger partial charge in [-0.05, 0) is 131 Å². The van der Waals surface area contributed by atoms with Gasteiger partial charge in [-0.3, -0.25) is 19.2 Å². The molecule has 0 bridgehead atoms. The molecule has 9 aliphatic heterocycles. The monoisotopic (exact) mass is 1760 g/mol. The number of hydrogen-bond acceptors (Lipinski definition) is 26. The fraction of sp³-hybridized carbons (Fsp3) is 0.304. The summed E-state index contributed by atoms with van der Waals surface area (Å²) in [5, 5.41) is 117. The van der Waals surface area contributed by atoms with Crippen LogP contribution in [0.1, 0.15) is 135 Å². The van der Waals surface area contributed by atoms with E-state index in [-0.39, 0.29) is 136 Å². The van der Waals surface area contributed by atoms with Gasteiger partial charge in [0.15, 0.2) is 23.3 Å². The molecule has 9 aliphatic rings. The summed E-state index contributed by atoms with van der Waals surface area (Å²) < 4.78 is 81.4. The minimum Gasteiger partial charge on any atom is -0.390 e. The number of halogens is 4. The Balaban J connectivity index is 0.000000118. The summed E-state index contributed by atoms with van der Waals surface area (Å²) in [5.74, 6) is -1.39.